The van der Waals surface area contributed by atoms with Crippen LogP contribution in [0.4, 0.5) is 10.1 Å². The number of halogens is 1. The number of hydrogen-bond acceptors (Lipinski definition) is 6. The van der Waals surface area contributed by atoms with Crippen LogP contribution in [0, 0.1) is 11.7 Å². The highest BCUT2D eigenvalue weighted by Crippen LogP contribution is 2.30. The fraction of sp³-hybridized carbons (Fsp3) is 0.500. The summed E-state index contributed by atoms with van der Waals surface area (Å²) in [6.07, 6.45) is 6.56. The summed E-state index contributed by atoms with van der Waals surface area (Å²) >= 11 is 0. The average Bonchev–Trinajstić information content (AvgIpc) is 3.43. The molecule has 43 heavy (non-hydrogen) atoms. The predicted octanol–water partition coefficient (Wildman–Crippen LogP) is 1.48. The number of nitrogen functional groups attached to an aromatic ring is 1. The van der Waals surface area contributed by atoms with E-state index < -0.39 is 24.2 Å². The predicted molar refractivity (Wildman–Crippen MR) is 160 cm³/mol. The van der Waals surface area contributed by atoms with Gasteiger partial charge in [-0.2, -0.15) is 0 Å². The van der Waals surface area contributed by atoms with Crippen LogP contribution in [0.1, 0.15) is 56.1 Å². The molecule has 230 valence electrons. The second kappa shape index (κ2) is 14.0. The third-order valence-corrected chi connectivity index (χ3v) is 8.77. The van der Waals surface area contributed by atoms with Gasteiger partial charge in [0.05, 0.1) is 0 Å². The molecule has 2 aliphatic heterocycles. The maximum absolute atomic E-state index is 13.1. The molecule has 2 aromatic rings. The molecule has 3 aliphatic rings. The van der Waals surface area contributed by atoms with Crippen molar-refractivity contribution in [2.75, 3.05) is 12.3 Å². The lowest BCUT2D eigenvalue weighted by Gasteiger charge is -2.31. The Morgan fingerprint density at radius 3 is 1.88 bits per heavy atom. The van der Waals surface area contributed by atoms with Gasteiger partial charge in [0.15, 0.2) is 0 Å². The highest BCUT2D eigenvalue weighted by Gasteiger charge is 2.37. The summed E-state index contributed by atoms with van der Waals surface area (Å²) in [7, 11) is 0. The summed E-state index contributed by atoms with van der Waals surface area (Å²) < 4.78 is 13.1. The van der Waals surface area contributed by atoms with Gasteiger partial charge in [0.1, 0.15) is 30.0 Å². The Hall–Kier alpha value is -3.99. The standard InChI is InChI=1S/C32H41FN6O4/c33-22-9-4-19(5-10-22)16-26-30(41)36-25(29(40)37-26)3-1-2-14-35-24-13-8-21(15-24)18-28-32(43)38-27(31(42)39-28)17-20-6-11-23(34)12-7-20/h4-7,9-12,21,24-28,35H,1-3,8,13-18,34H2,(H,36,41)(H,37,40)(H,38,43)(H,39,42)/t21?,24?,25-,26-,27-,28-/m0/s1. The lowest BCUT2D eigenvalue weighted by atomic mass is 9.94. The van der Waals surface area contributed by atoms with Crippen molar-refractivity contribution in [3.63, 3.8) is 0 Å². The number of piperazine rings is 2. The van der Waals surface area contributed by atoms with Crippen LogP contribution in [0.5, 0.6) is 0 Å². The van der Waals surface area contributed by atoms with Crippen LogP contribution in [0.15, 0.2) is 48.5 Å². The topological polar surface area (TPSA) is 154 Å². The molecule has 1 saturated carbocycles. The van der Waals surface area contributed by atoms with Crippen molar-refractivity contribution in [3.05, 3.63) is 65.5 Å². The first-order valence-electron chi connectivity index (χ1n) is 15.3. The molecule has 1 aliphatic carbocycles. The van der Waals surface area contributed by atoms with E-state index >= 15 is 0 Å². The maximum Gasteiger partial charge on any atom is 0.243 e. The van der Waals surface area contributed by atoms with Crippen LogP contribution < -0.4 is 32.3 Å². The number of nitrogens with one attached hydrogen (secondary N) is 5. The molecule has 10 nitrogen and oxygen atoms in total. The number of unbranched alkanes of at least 4 members (excludes halogenated alkanes) is 1. The molecule has 4 amide bonds. The molecule has 0 spiro atoms. The number of benzene rings is 2. The molecule has 2 unspecified atom stereocenters. The molecular weight excluding hydrogens is 551 g/mol. The van der Waals surface area contributed by atoms with Gasteiger partial charge in [-0.05, 0) is 92.8 Å². The first-order chi connectivity index (χ1) is 20.7. The fourth-order valence-corrected chi connectivity index (χ4v) is 6.34. The second-order valence-electron chi connectivity index (χ2n) is 12.1. The molecule has 0 radical (unpaired) electrons. The Morgan fingerprint density at radius 2 is 1.23 bits per heavy atom. The van der Waals surface area contributed by atoms with Gasteiger partial charge in [-0.3, -0.25) is 19.2 Å². The highest BCUT2D eigenvalue weighted by molar-refractivity contribution is 5.97. The zero-order valence-electron chi connectivity index (χ0n) is 24.2. The second-order valence-corrected chi connectivity index (χ2v) is 12.1. The van der Waals surface area contributed by atoms with Crippen LogP contribution in [0.2, 0.25) is 0 Å². The van der Waals surface area contributed by atoms with Crippen LogP contribution >= 0.6 is 0 Å². The zero-order chi connectivity index (χ0) is 30.3. The molecule has 2 saturated heterocycles. The number of hydrogen-bond donors (Lipinski definition) is 6. The van der Waals surface area contributed by atoms with Crippen molar-refractivity contribution >= 4 is 29.3 Å². The van der Waals surface area contributed by atoms with Crippen molar-refractivity contribution in [1.82, 2.24) is 26.6 Å². The fourth-order valence-electron chi connectivity index (χ4n) is 6.34. The molecular formula is C32H41FN6O4. The van der Waals surface area contributed by atoms with Crippen molar-refractivity contribution in [2.24, 2.45) is 5.92 Å². The van der Waals surface area contributed by atoms with E-state index in [-0.39, 0.29) is 29.4 Å². The number of nitrogens with two attached hydrogens (primary N) is 1. The lowest BCUT2D eigenvalue weighted by molar-refractivity contribution is -0.137. The summed E-state index contributed by atoms with van der Waals surface area (Å²) in [5.74, 6) is -0.673. The minimum Gasteiger partial charge on any atom is -0.399 e. The zero-order valence-corrected chi connectivity index (χ0v) is 24.2. The minimum absolute atomic E-state index is 0.128. The average molecular weight is 593 g/mol. The van der Waals surface area contributed by atoms with E-state index in [0.717, 1.165) is 49.8 Å². The smallest absolute Gasteiger partial charge is 0.243 e. The van der Waals surface area contributed by atoms with Gasteiger partial charge in [0, 0.05) is 24.6 Å². The molecule has 2 heterocycles. The van der Waals surface area contributed by atoms with Crippen LogP contribution in [-0.2, 0) is 32.0 Å². The van der Waals surface area contributed by atoms with E-state index in [1.807, 2.05) is 12.1 Å². The normalized spacial score (nSPS) is 27.3. The number of anilines is 1. The Kier molecular flexibility index (Phi) is 9.91. The molecule has 5 rings (SSSR count). The van der Waals surface area contributed by atoms with Crippen molar-refractivity contribution in [1.29, 1.82) is 0 Å². The lowest BCUT2D eigenvalue weighted by Crippen LogP contribution is -2.62. The summed E-state index contributed by atoms with van der Waals surface area (Å²) in [4.78, 5) is 50.6. The highest BCUT2D eigenvalue weighted by atomic mass is 19.1. The van der Waals surface area contributed by atoms with E-state index in [4.69, 9.17) is 5.73 Å². The van der Waals surface area contributed by atoms with Gasteiger partial charge in [0.25, 0.3) is 0 Å². The number of carbonyl (C=O) groups is 4. The molecule has 6 atom stereocenters. The van der Waals surface area contributed by atoms with Gasteiger partial charge in [-0.15, -0.1) is 0 Å². The monoisotopic (exact) mass is 592 g/mol. The first kappa shape index (κ1) is 30.5. The van der Waals surface area contributed by atoms with Crippen LogP contribution in [0.3, 0.4) is 0 Å². The summed E-state index contributed by atoms with van der Waals surface area (Å²) in [5.41, 5.74) is 8.11. The Balaban J connectivity index is 0.957. The maximum atomic E-state index is 13.1. The molecule has 0 bridgehead atoms. The summed E-state index contributed by atoms with van der Waals surface area (Å²) in [6.45, 7) is 0.806. The minimum atomic E-state index is -0.657. The van der Waals surface area contributed by atoms with Gasteiger partial charge in [-0.1, -0.05) is 24.3 Å². The van der Waals surface area contributed by atoms with Crippen molar-refractivity contribution in [2.45, 2.75) is 88.0 Å². The molecule has 3 fully saturated rings. The third kappa shape index (κ3) is 8.31. The van der Waals surface area contributed by atoms with Gasteiger partial charge in [0.2, 0.25) is 23.6 Å². The van der Waals surface area contributed by atoms with E-state index in [0.29, 0.717) is 43.3 Å². The van der Waals surface area contributed by atoms with E-state index in [1.54, 1.807) is 24.3 Å². The van der Waals surface area contributed by atoms with Crippen molar-refractivity contribution in [3.8, 4) is 0 Å². The Morgan fingerprint density at radius 1 is 0.698 bits per heavy atom. The van der Waals surface area contributed by atoms with Crippen LogP contribution in [0.25, 0.3) is 0 Å². The molecule has 7 N–H and O–H groups in total. The van der Waals surface area contributed by atoms with Gasteiger partial charge in [-0.25, -0.2) is 4.39 Å². The Bertz CT molecular complexity index is 1300. The SMILES string of the molecule is Nc1ccc(C[C@@H]2NC(=O)[C@H](CC3CCC(NCCCC[C@@H]4NC(=O)[C@H](Cc5ccc(F)cc5)NC4=O)C3)NC2=O)cc1. The first-order valence-corrected chi connectivity index (χ1v) is 15.3. The van der Waals surface area contributed by atoms with Gasteiger partial charge >= 0.3 is 0 Å². The number of rotatable bonds is 12. The van der Waals surface area contributed by atoms with E-state index in [1.165, 1.54) is 12.1 Å². The van der Waals surface area contributed by atoms with E-state index in [9.17, 15) is 23.6 Å². The van der Waals surface area contributed by atoms with E-state index in [2.05, 4.69) is 26.6 Å². The number of amides is 4. The third-order valence-electron chi connectivity index (χ3n) is 8.77. The number of carbonyl (C=O) groups excluding carboxylic acids is 4. The molecule has 0 aromatic heterocycles. The quantitative estimate of drug-likeness (QED) is 0.162. The largest absolute Gasteiger partial charge is 0.399 e. The van der Waals surface area contributed by atoms with Gasteiger partial charge < -0.3 is 32.3 Å². The Labute approximate surface area is 251 Å². The molecule has 2 aromatic carbocycles. The summed E-state index contributed by atoms with van der Waals surface area (Å²) in [5, 5.41) is 15.1. The summed E-state index contributed by atoms with van der Waals surface area (Å²) in [6, 6.07) is 11.3. The van der Waals surface area contributed by atoms with Crippen molar-refractivity contribution < 1.29 is 23.6 Å². The van der Waals surface area contributed by atoms with Crippen LogP contribution in [-0.4, -0.2) is 60.4 Å². The molecule has 11 heteroatoms.